The van der Waals surface area contributed by atoms with Crippen molar-refractivity contribution in [3.05, 3.63) is 0 Å². The molecule has 1 fully saturated rings. The first-order chi connectivity index (χ1) is 8.64. The summed E-state index contributed by atoms with van der Waals surface area (Å²) in [6, 6.07) is 0. The SMILES string of the molecule is COCCNCCNS(=O)(=O)CC1CCCCO1.Cl. The van der Waals surface area contributed by atoms with Gasteiger partial charge in [0, 0.05) is 33.4 Å². The lowest BCUT2D eigenvalue weighted by atomic mass is 10.1. The molecule has 116 valence electrons. The van der Waals surface area contributed by atoms with Gasteiger partial charge in [-0.25, -0.2) is 13.1 Å². The third-order valence-electron chi connectivity index (χ3n) is 2.79. The number of methoxy groups -OCH3 is 1. The van der Waals surface area contributed by atoms with Crippen molar-refractivity contribution in [3.8, 4) is 0 Å². The summed E-state index contributed by atoms with van der Waals surface area (Å²) in [5.74, 6) is 0.0745. The summed E-state index contributed by atoms with van der Waals surface area (Å²) in [5, 5.41) is 3.08. The van der Waals surface area contributed by atoms with Gasteiger partial charge < -0.3 is 14.8 Å². The van der Waals surface area contributed by atoms with Crippen LogP contribution in [0.5, 0.6) is 0 Å². The minimum Gasteiger partial charge on any atom is -0.383 e. The molecule has 1 unspecified atom stereocenters. The third-order valence-corrected chi connectivity index (χ3v) is 4.24. The average molecular weight is 317 g/mol. The monoisotopic (exact) mass is 316 g/mol. The maximum atomic E-state index is 11.7. The van der Waals surface area contributed by atoms with Crippen LogP contribution in [0.15, 0.2) is 0 Å². The third kappa shape index (κ3) is 9.59. The molecular weight excluding hydrogens is 292 g/mol. The number of sulfonamides is 1. The van der Waals surface area contributed by atoms with E-state index in [0.29, 0.717) is 26.3 Å². The number of ether oxygens (including phenoxy) is 2. The van der Waals surface area contributed by atoms with Crippen molar-refractivity contribution in [3.63, 3.8) is 0 Å². The predicted octanol–water partition coefficient (Wildman–Crippen LogP) is 0.133. The van der Waals surface area contributed by atoms with Gasteiger partial charge in [0.05, 0.1) is 18.5 Å². The topological polar surface area (TPSA) is 76.7 Å². The molecule has 0 radical (unpaired) electrons. The number of nitrogens with one attached hydrogen (secondary N) is 2. The molecule has 1 rings (SSSR count). The van der Waals surface area contributed by atoms with Crippen molar-refractivity contribution >= 4 is 22.4 Å². The highest BCUT2D eigenvalue weighted by Crippen LogP contribution is 2.13. The molecule has 1 heterocycles. The Labute approximate surface area is 122 Å². The van der Waals surface area contributed by atoms with Gasteiger partial charge in [-0.1, -0.05) is 0 Å². The molecule has 1 aliphatic rings. The molecule has 2 N–H and O–H groups in total. The molecular formula is C11H25ClN2O4S. The Hall–Kier alpha value is 0.0800. The first kappa shape index (κ1) is 19.1. The van der Waals surface area contributed by atoms with Crippen LogP contribution < -0.4 is 10.0 Å². The van der Waals surface area contributed by atoms with E-state index in [4.69, 9.17) is 9.47 Å². The van der Waals surface area contributed by atoms with E-state index in [0.717, 1.165) is 25.8 Å². The van der Waals surface area contributed by atoms with Gasteiger partial charge in [0.1, 0.15) is 0 Å². The molecule has 0 bridgehead atoms. The van der Waals surface area contributed by atoms with Gasteiger partial charge in [-0.2, -0.15) is 0 Å². The normalized spacial score (nSPS) is 19.9. The Kier molecular flexibility index (Phi) is 10.9. The van der Waals surface area contributed by atoms with Gasteiger partial charge in [-0.05, 0) is 19.3 Å². The van der Waals surface area contributed by atoms with Gasteiger partial charge in [0.2, 0.25) is 10.0 Å². The Bertz CT molecular complexity index is 308. The summed E-state index contributed by atoms with van der Waals surface area (Å²) in [4.78, 5) is 0. The van der Waals surface area contributed by atoms with Crippen LogP contribution in [0.1, 0.15) is 19.3 Å². The fourth-order valence-corrected chi connectivity index (χ4v) is 3.12. The largest absolute Gasteiger partial charge is 0.383 e. The zero-order valence-corrected chi connectivity index (χ0v) is 13.0. The molecule has 0 spiro atoms. The van der Waals surface area contributed by atoms with Crippen LogP contribution in [0.25, 0.3) is 0 Å². The second kappa shape index (κ2) is 10.8. The molecule has 0 amide bonds. The van der Waals surface area contributed by atoms with Crippen molar-refractivity contribution in [2.24, 2.45) is 0 Å². The molecule has 1 aliphatic heterocycles. The van der Waals surface area contributed by atoms with Gasteiger partial charge >= 0.3 is 0 Å². The van der Waals surface area contributed by atoms with Gasteiger partial charge in [0.25, 0.3) is 0 Å². The van der Waals surface area contributed by atoms with Crippen LogP contribution in [0.4, 0.5) is 0 Å². The van der Waals surface area contributed by atoms with E-state index < -0.39 is 10.0 Å². The summed E-state index contributed by atoms with van der Waals surface area (Å²) < 4.78 is 36.4. The lowest BCUT2D eigenvalue weighted by molar-refractivity contribution is 0.0304. The first-order valence-electron chi connectivity index (χ1n) is 6.42. The second-order valence-electron chi connectivity index (χ2n) is 4.41. The summed E-state index contributed by atoms with van der Waals surface area (Å²) in [6.45, 7) is 3.04. The highest BCUT2D eigenvalue weighted by molar-refractivity contribution is 7.89. The smallest absolute Gasteiger partial charge is 0.214 e. The van der Waals surface area contributed by atoms with Crippen LogP contribution in [-0.2, 0) is 19.5 Å². The maximum Gasteiger partial charge on any atom is 0.214 e. The standard InChI is InChI=1S/C11H24N2O4S.ClH/c1-16-9-7-12-5-6-13-18(14,15)10-11-4-2-3-8-17-11;/h11-13H,2-10H2,1H3;1H. The summed E-state index contributed by atoms with van der Waals surface area (Å²) in [6.07, 6.45) is 2.79. The lowest BCUT2D eigenvalue weighted by Crippen LogP contribution is -2.38. The molecule has 0 aromatic carbocycles. The van der Waals surface area contributed by atoms with E-state index in [1.807, 2.05) is 0 Å². The van der Waals surface area contributed by atoms with Crippen LogP contribution in [-0.4, -0.2) is 60.2 Å². The van der Waals surface area contributed by atoms with E-state index in [2.05, 4.69) is 10.0 Å². The quantitative estimate of drug-likeness (QED) is 0.591. The van der Waals surface area contributed by atoms with Crippen LogP contribution >= 0.6 is 12.4 Å². The van der Waals surface area contributed by atoms with Crippen molar-refractivity contribution in [1.82, 2.24) is 10.0 Å². The van der Waals surface area contributed by atoms with Gasteiger partial charge in [0.15, 0.2) is 0 Å². The number of halogens is 1. The Morgan fingerprint density at radius 2 is 2.05 bits per heavy atom. The zero-order chi connectivity index (χ0) is 13.3. The number of rotatable bonds is 9. The van der Waals surface area contributed by atoms with Gasteiger partial charge in [-0.15, -0.1) is 12.4 Å². The number of hydrogen-bond acceptors (Lipinski definition) is 5. The Morgan fingerprint density at radius 3 is 2.68 bits per heavy atom. The fraction of sp³-hybridized carbons (Fsp3) is 1.00. The summed E-state index contributed by atoms with van der Waals surface area (Å²) in [7, 11) is -1.59. The van der Waals surface area contributed by atoms with Crippen molar-refractivity contribution in [2.75, 3.05) is 45.7 Å². The minimum atomic E-state index is -3.22. The second-order valence-corrected chi connectivity index (χ2v) is 6.26. The maximum absolute atomic E-state index is 11.7. The number of hydrogen-bond donors (Lipinski definition) is 2. The Morgan fingerprint density at radius 1 is 1.26 bits per heavy atom. The van der Waals surface area contributed by atoms with E-state index in [1.54, 1.807) is 7.11 Å². The molecule has 0 aromatic rings. The molecule has 1 saturated heterocycles. The highest BCUT2D eigenvalue weighted by atomic mass is 35.5. The van der Waals surface area contributed by atoms with Crippen LogP contribution in [0.3, 0.4) is 0 Å². The summed E-state index contributed by atoms with van der Waals surface area (Å²) in [5.41, 5.74) is 0. The zero-order valence-electron chi connectivity index (χ0n) is 11.4. The molecule has 19 heavy (non-hydrogen) atoms. The van der Waals surface area contributed by atoms with E-state index in [-0.39, 0.29) is 24.3 Å². The van der Waals surface area contributed by atoms with E-state index >= 15 is 0 Å². The molecule has 0 saturated carbocycles. The predicted molar refractivity (Wildman–Crippen MR) is 77.4 cm³/mol. The molecule has 8 heteroatoms. The van der Waals surface area contributed by atoms with E-state index in [1.165, 1.54) is 0 Å². The van der Waals surface area contributed by atoms with Crippen molar-refractivity contribution in [1.29, 1.82) is 0 Å². The molecule has 0 aromatic heterocycles. The average Bonchev–Trinajstić information content (AvgIpc) is 2.34. The first-order valence-corrected chi connectivity index (χ1v) is 8.08. The van der Waals surface area contributed by atoms with E-state index in [9.17, 15) is 8.42 Å². The summed E-state index contributed by atoms with van der Waals surface area (Å²) >= 11 is 0. The van der Waals surface area contributed by atoms with Crippen LogP contribution in [0.2, 0.25) is 0 Å². The van der Waals surface area contributed by atoms with Crippen molar-refractivity contribution in [2.45, 2.75) is 25.4 Å². The lowest BCUT2D eigenvalue weighted by Gasteiger charge is -2.22. The van der Waals surface area contributed by atoms with Crippen molar-refractivity contribution < 1.29 is 17.9 Å². The minimum absolute atomic E-state index is 0. The molecule has 1 atom stereocenters. The van der Waals surface area contributed by atoms with Crippen LogP contribution in [0, 0.1) is 0 Å². The molecule has 0 aliphatic carbocycles. The van der Waals surface area contributed by atoms with Gasteiger partial charge in [-0.3, -0.25) is 0 Å². The highest BCUT2D eigenvalue weighted by Gasteiger charge is 2.21. The molecule has 6 nitrogen and oxygen atoms in total. The fourth-order valence-electron chi connectivity index (χ4n) is 1.84. The Balaban J connectivity index is 0.00000324.